The lowest BCUT2D eigenvalue weighted by Crippen LogP contribution is -2.26. The van der Waals surface area contributed by atoms with E-state index < -0.39 is 11.2 Å². The van der Waals surface area contributed by atoms with Crippen molar-refractivity contribution >= 4 is 45.1 Å². The van der Waals surface area contributed by atoms with Crippen molar-refractivity contribution in [3.8, 4) is 0 Å². The Bertz CT molecular complexity index is 1530. The molecule has 0 spiro atoms. The van der Waals surface area contributed by atoms with Gasteiger partial charge in [-0.2, -0.15) is 0 Å². The number of carbonyl (C=O) groups is 2. The Morgan fingerprint density at radius 1 is 0.625 bits per heavy atom. The zero-order chi connectivity index (χ0) is 28.7. The molecule has 0 bridgehead atoms. The SMILES string of the molecule is CC(C)(C)OC(=O)n1cc(/C2=C/CC/C=C(/c3cn(C(=O)OC(C)(C)C)c4ccccc34)CC2)c2ccccc21. The summed E-state index contributed by atoms with van der Waals surface area (Å²) in [6.07, 6.45) is 11.0. The molecule has 1 aliphatic rings. The van der Waals surface area contributed by atoms with Crippen molar-refractivity contribution < 1.29 is 19.1 Å². The van der Waals surface area contributed by atoms with Gasteiger partial charge in [0.25, 0.3) is 0 Å². The minimum absolute atomic E-state index is 0.378. The van der Waals surface area contributed by atoms with Gasteiger partial charge in [-0.15, -0.1) is 0 Å². The molecule has 0 unspecified atom stereocenters. The summed E-state index contributed by atoms with van der Waals surface area (Å²) in [6, 6.07) is 16.0. The summed E-state index contributed by atoms with van der Waals surface area (Å²) in [4.78, 5) is 26.1. The second kappa shape index (κ2) is 10.5. The Hall–Kier alpha value is -4.06. The fraction of sp³-hybridized carbons (Fsp3) is 0.353. The van der Waals surface area contributed by atoms with Crippen LogP contribution in [0.25, 0.3) is 33.0 Å². The summed E-state index contributed by atoms with van der Waals surface area (Å²) >= 11 is 0. The molecule has 2 aromatic carbocycles. The highest BCUT2D eigenvalue weighted by atomic mass is 16.6. The predicted molar refractivity (Wildman–Crippen MR) is 162 cm³/mol. The molecule has 6 heteroatoms. The Labute approximate surface area is 235 Å². The van der Waals surface area contributed by atoms with Crippen LogP contribution in [0.1, 0.15) is 78.4 Å². The number of aromatic nitrogens is 2. The van der Waals surface area contributed by atoms with Gasteiger partial charge in [-0.3, -0.25) is 9.13 Å². The third-order valence-corrected chi connectivity index (χ3v) is 6.91. The number of rotatable bonds is 2. The van der Waals surface area contributed by atoms with E-state index in [0.717, 1.165) is 58.6 Å². The van der Waals surface area contributed by atoms with Crippen LogP contribution in [-0.4, -0.2) is 32.5 Å². The van der Waals surface area contributed by atoms with Gasteiger partial charge in [0.2, 0.25) is 0 Å². The Morgan fingerprint density at radius 3 is 1.38 bits per heavy atom. The maximum Gasteiger partial charge on any atom is 0.419 e. The van der Waals surface area contributed by atoms with Crippen molar-refractivity contribution in [2.75, 3.05) is 0 Å². The molecule has 0 saturated carbocycles. The van der Waals surface area contributed by atoms with Crippen LogP contribution in [0.5, 0.6) is 0 Å². The average Bonchev–Trinajstić information content (AvgIpc) is 3.42. The summed E-state index contributed by atoms with van der Waals surface area (Å²) in [7, 11) is 0. The van der Waals surface area contributed by atoms with Crippen LogP contribution in [-0.2, 0) is 9.47 Å². The van der Waals surface area contributed by atoms with E-state index in [1.165, 1.54) is 11.1 Å². The van der Waals surface area contributed by atoms with E-state index in [-0.39, 0.29) is 12.2 Å². The third kappa shape index (κ3) is 5.76. The molecule has 0 radical (unpaired) electrons. The van der Waals surface area contributed by atoms with E-state index in [1.54, 1.807) is 9.13 Å². The highest BCUT2D eigenvalue weighted by molar-refractivity contribution is 6.00. The van der Waals surface area contributed by atoms with Crippen molar-refractivity contribution in [1.29, 1.82) is 0 Å². The number of nitrogens with zero attached hydrogens (tertiary/aromatic N) is 2. The first-order valence-electron chi connectivity index (χ1n) is 14.0. The number of carbonyl (C=O) groups excluding carboxylic acids is 2. The molecule has 6 nitrogen and oxygen atoms in total. The second-order valence-electron chi connectivity index (χ2n) is 12.4. The summed E-state index contributed by atoms with van der Waals surface area (Å²) < 4.78 is 14.7. The van der Waals surface area contributed by atoms with E-state index in [2.05, 4.69) is 24.3 Å². The second-order valence-corrected chi connectivity index (χ2v) is 12.4. The van der Waals surface area contributed by atoms with E-state index in [4.69, 9.17) is 9.47 Å². The molecule has 208 valence electrons. The fourth-order valence-electron chi connectivity index (χ4n) is 5.27. The quantitative estimate of drug-likeness (QED) is 0.255. The molecule has 40 heavy (non-hydrogen) atoms. The lowest BCUT2D eigenvalue weighted by Gasteiger charge is -2.19. The molecule has 2 heterocycles. The molecule has 0 atom stereocenters. The minimum atomic E-state index is -0.583. The van der Waals surface area contributed by atoms with Crippen LogP contribution in [0.2, 0.25) is 0 Å². The number of allylic oxidation sites excluding steroid dienone is 4. The molecule has 2 aromatic heterocycles. The van der Waals surface area contributed by atoms with E-state index in [0.29, 0.717) is 0 Å². The van der Waals surface area contributed by atoms with Crippen LogP contribution < -0.4 is 0 Å². The molecule has 0 fully saturated rings. The van der Waals surface area contributed by atoms with Crippen LogP contribution >= 0.6 is 0 Å². The standard InChI is InChI=1S/C34H38N2O4/c1-33(2,3)39-31(37)35-21-27(25-15-9-11-17-29(25)35)23-13-7-8-14-24(20-19-23)28-22-36(32(38)40-34(4,5)6)30-18-12-10-16-26(28)30/h9-18,21-22H,7-8,19-20H2,1-6H3/b23-13+,24-14+. The van der Waals surface area contributed by atoms with Gasteiger partial charge in [-0.25, -0.2) is 9.59 Å². The van der Waals surface area contributed by atoms with Gasteiger partial charge in [0.15, 0.2) is 0 Å². The topological polar surface area (TPSA) is 62.5 Å². The summed E-state index contributed by atoms with van der Waals surface area (Å²) in [5, 5.41) is 2.07. The molecule has 0 N–H and O–H groups in total. The molecule has 5 rings (SSSR count). The number of benzene rings is 2. The maximum atomic E-state index is 13.1. The average molecular weight is 539 g/mol. The normalized spacial score (nSPS) is 17.4. The van der Waals surface area contributed by atoms with Crippen LogP contribution in [0.15, 0.2) is 73.1 Å². The molecular weight excluding hydrogens is 500 g/mol. The molecular formula is C34H38N2O4. The van der Waals surface area contributed by atoms with E-state index >= 15 is 0 Å². The van der Waals surface area contributed by atoms with Crippen molar-refractivity contribution in [3.05, 3.63) is 84.2 Å². The van der Waals surface area contributed by atoms with Gasteiger partial charge in [0.1, 0.15) is 11.2 Å². The van der Waals surface area contributed by atoms with Gasteiger partial charge in [-0.05, 0) is 90.5 Å². The van der Waals surface area contributed by atoms with Crippen molar-refractivity contribution in [1.82, 2.24) is 9.13 Å². The van der Waals surface area contributed by atoms with Crippen molar-refractivity contribution in [3.63, 3.8) is 0 Å². The Kier molecular flexibility index (Phi) is 7.21. The first-order chi connectivity index (χ1) is 18.9. The van der Waals surface area contributed by atoms with Crippen molar-refractivity contribution in [2.45, 2.75) is 78.4 Å². The van der Waals surface area contributed by atoms with E-state index in [1.807, 2.05) is 90.3 Å². The molecule has 4 aromatic rings. The number of hydrogen-bond acceptors (Lipinski definition) is 4. The smallest absolute Gasteiger partial charge is 0.419 e. The molecule has 0 aliphatic heterocycles. The molecule has 1 aliphatic carbocycles. The highest BCUT2D eigenvalue weighted by Crippen LogP contribution is 2.37. The highest BCUT2D eigenvalue weighted by Gasteiger charge is 2.24. The van der Waals surface area contributed by atoms with Crippen LogP contribution in [0.3, 0.4) is 0 Å². The van der Waals surface area contributed by atoms with Gasteiger partial charge in [0, 0.05) is 34.3 Å². The number of para-hydroxylation sites is 2. The maximum absolute atomic E-state index is 13.1. The monoisotopic (exact) mass is 538 g/mol. The van der Waals surface area contributed by atoms with Gasteiger partial charge < -0.3 is 9.47 Å². The first kappa shape index (κ1) is 27.5. The predicted octanol–water partition coefficient (Wildman–Crippen LogP) is 9.20. The van der Waals surface area contributed by atoms with E-state index in [9.17, 15) is 9.59 Å². The van der Waals surface area contributed by atoms with Crippen molar-refractivity contribution in [2.24, 2.45) is 0 Å². The zero-order valence-corrected chi connectivity index (χ0v) is 24.3. The molecule has 0 amide bonds. The van der Waals surface area contributed by atoms with Crippen LogP contribution in [0.4, 0.5) is 9.59 Å². The van der Waals surface area contributed by atoms with Gasteiger partial charge in [0.05, 0.1) is 11.0 Å². The zero-order valence-electron chi connectivity index (χ0n) is 24.3. The molecule has 0 saturated heterocycles. The minimum Gasteiger partial charge on any atom is -0.443 e. The Balaban J connectivity index is 1.47. The fourth-order valence-corrected chi connectivity index (χ4v) is 5.27. The first-order valence-corrected chi connectivity index (χ1v) is 14.0. The number of hydrogen-bond donors (Lipinski definition) is 0. The Morgan fingerprint density at radius 2 is 1.00 bits per heavy atom. The van der Waals surface area contributed by atoms with Gasteiger partial charge >= 0.3 is 12.2 Å². The third-order valence-electron chi connectivity index (χ3n) is 6.91. The van der Waals surface area contributed by atoms with Gasteiger partial charge in [-0.1, -0.05) is 48.6 Å². The lowest BCUT2D eigenvalue weighted by molar-refractivity contribution is 0.0533. The number of ether oxygens (including phenoxy) is 2. The van der Waals surface area contributed by atoms with Crippen LogP contribution in [0, 0.1) is 0 Å². The lowest BCUT2D eigenvalue weighted by atomic mass is 9.91. The summed E-state index contributed by atoms with van der Waals surface area (Å²) in [6.45, 7) is 11.3. The number of fused-ring (bicyclic) bond motifs is 2. The summed E-state index contributed by atoms with van der Waals surface area (Å²) in [5.74, 6) is 0. The summed E-state index contributed by atoms with van der Waals surface area (Å²) in [5.41, 5.74) is 5.04. The largest absolute Gasteiger partial charge is 0.443 e.